The van der Waals surface area contributed by atoms with Crippen molar-refractivity contribution in [3.05, 3.63) is 66.2 Å². The van der Waals surface area contributed by atoms with E-state index in [-0.39, 0.29) is 38.9 Å². The lowest BCUT2D eigenvalue weighted by molar-refractivity contribution is -0.297. The normalized spacial score (nSPS) is 34.8. The molecule has 7 fully saturated rings. The fourth-order valence-corrected chi connectivity index (χ4v) is 16.3. The molecule has 0 saturated carbocycles. The number of aliphatic hydroxyl groups excluding tert-OH is 9. The Labute approximate surface area is 689 Å². The molecular weight excluding hydrogens is 1600 g/mol. The standard InChI is InChI=1S/C53H87N5O22.C22H33N5O13/c1-27(2)18-16-14-12-10-11-13-15-17-19-30(75-34(60)22-28(3)23-35(61)78-52-47(73-9)46(72-8)43(71-7)29(4)74-52)24-36(62)76-32-26-56(5)38(48(67)57(6)37(32)50(68)69)44(80-51-42(66)39(63)31(25-54)77-51)45-40(64)41(65)49(79-45)58-21-20-33(59)55-53(58)70;1-25-6-7(28)10(20(35)36)26(2)18(34)11(25)16(40-21-15(33)12(30)8(5-23)38-21)17-13(31)14(32)19(39-17)27-4-3-9(29)24-22(27)37/h20-21,27-32,37-47,49,51-52,63-66H,10-19,22-26,54H2,1-9H3,(H,68,69)(H,55,59,70);3-4,7-8,10-17,19,21,28,30-33H,5-6,23H2,1-2H3,(H,35,36)(H,24,29,37)/t28?,29?,30?,31?,32-,37-,38-,39?,40?,41?,42?,43?,44-,45?,46?,47?,49?,51?,52?;7-,8?,10?,11-,12?,13?,14?,15?,16-,17?,19?,21?/m00/s1. The summed E-state index contributed by atoms with van der Waals surface area (Å²) in [6.45, 7) is 6.43. The van der Waals surface area contributed by atoms with Crippen molar-refractivity contribution < 1.29 is 151 Å². The average Bonchev–Trinajstić information content (AvgIpc) is 1.61. The van der Waals surface area contributed by atoms with Gasteiger partial charge in [0.1, 0.15) is 128 Å². The number of aliphatic hydroxyl groups is 9. The monoisotopic (exact) mass is 1720 g/mol. The number of ether oxygens (including phenoxy) is 13. The van der Waals surface area contributed by atoms with Gasteiger partial charge in [-0.1, -0.05) is 72.1 Å². The number of hydrogen-bond acceptors (Lipinski definition) is 37. The number of amides is 2. The van der Waals surface area contributed by atoms with Gasteiger partial charge in [0.15, 0.2) is 37.1 Å². The van der Waals surface area contributed by atoms with Crippen LogP contribution in [0.5, 0.6) is 0 Å². The van der Waals surface area contributed by atoms with E-state index in [2.05, 4.69) is 13.8 Å². The van der Waals surface area contributed by atoms with Crippen LogP contribution in [0.1, 0.15) is 124 Å². The lowest BCUT2D eigenvalue weighted by atomic mass is 9.97. The zero-order chi connectivity index (χ0) is 88.7. The fourth-order valence-electron chi connectivity index (χ4n) is 16.3. The first-order valence-corrected chi connectivity index (χ1v) is 40.0. The van der Waals surface area contributed by atoms with Crippen molar-refractivity contribution in [2.45, 2.75) is 295 Å². The van der Waals surface area contributed by atoms with Crippen LogP contribution < -0.4 is 34.0 Å². The molecule has 17 N–H and O–H groups in total. The number of aliphatic carboxylic acids is 2. The van der Waals surface area contributed by atoms with Crippen molar-refractivity contribution in [1.29, 1.82) is 0 Å². The number of rotatable bonds is 37. The molecule has 9 rings (SSSR count). The van der Waals surface area contributed by atoms with E-state index in [1.807, 2.05) is 9.97 Å². The Morgan fingerprint density at radius 2 is 0.925 bits per heavy atom. The highest BCUT2D eigenvalue weighted by molar-refractivity contribution is 5.89. The molecule has 0 spiro atoms. The predicted molar refractivity (Wildman–Crippen MR) is 408 cm³/mol. The number of β-amino-alcohol motifs (C(OH)–C–C–N with tert-alkyl or cyclic N) is 1. The van der Waals surface area contributed by atoms with Crippen molar-refractivity contribution >= 4 is 41.7 Å². The third-order valence-electron chi connectivity index (χ3n) is 22.8. The number of nitrogens with two attached hydrogens (primary N) is 2. The number of unbranched alkanes of at least 4 members (excludes halogenated alkanes) is 7. The molecular formula is C75H120N10O35. The summed E-state index contributed by atoms with van der Waals surface area (Å²) in [6, 6.07) is -4.78. The number of carboxylic acids is 2. The van der Waals surface area contributed by atoms with Gasteiger partial charge in [0.25, 0.3) is 11.1 Å². The first-order chi connectivity index (χ1) is 56.7. The number of methoxy groups -OCH3 is 3. The second-order valence-electron chi connectivity index (χ2n) is 32.0. The second-order valence-corrected chi connectivity index (χ2v) is 32.0. The molecule has 7 aliphatic heterocycles. The number of carbonyl (C=O) groups is 7. The van der Waals surface area contributed by atoms with E-state index in [0.29, 0.717) is 12.3 Å². The molecule has 0 aliphatic carbocycles. The molecule has 0 aromatic carbocycles. The summed E-state index contributed by atoms with van der Waals surface area (Å²) in [6.07, 6.45) is -27.4. The Kier molecular flexibility index (Phi) is 36.3. The highest BCUT2D eigenvalue weighted by Crippen LogP contribution is 2.40. The van der Waals surface area contributed by atoms with Crippen molar-refractivity contribution in [2.75, 3.05) is 75.7 Å². The largest absolute Gasteiger partial charge is 0.480 e. The SMILES string of the molecule is CN1C(=O)[C@H]([C@H](OC2OC(CN)C(O)C2O)C2OC(n3ccc(=O)[nH]c3=O)C(O)C2O)N(C)C[C@H](O)C1C(=O)O.COC1C(C)OC(OC(=O)CC(C)CC(=O)OC(CCCCCCCCCCC(C)C)CC(=O)O[C@H]2CN(C)[C@@H]([C@H](OC3OC(CN)C(O)C3O)C3OC(n4ccc(=O)[nH]c4=O)C(O)C3O)C(=O)N(C)[C@@H]2C(=O)O)C(OC)C1OC. The van der Waals surface area contributed by atoms with Crippen LogP contribution in [0.3, 0.4) is 0 Å². The van der Waals surface area contributed by atoms with Crippen molar-refractivity contribution in [1.82, 2.24) is 38.7 Å². The minimum Gasteiger partial charge on any atom is -0.480 e. The number of nitrogens with one attached hydrogen (secondary N) is 2. The third-order valence-corrected chi connectivity index (χ3v) is 22.8. The highest BCUT2D eigenvalue weighted by atomic mass is 16.7. The van der Waals surface area contributed by atoms with Gasteiger partial charge in [-0.25, -0.2) is 19.2 Å². The maximum absolute atomic E-state index is 14.7. The summed E-state index contributed by atoms with van der Waals surface area (Å²) in [5.41, 5.74) is 7.82. The van der Waals surface area contributed by atoms with Crippen LogP contribution in [-0.2, 0) is 95.1 Å². The lowest BCUT2D eigenvalue weighted by Gasteiger charge is -2.43. The van der Waals surface area contributed by atoms with Crippen LogP contribution in [0, 0.1) is 11.8 Å². The molecule has 0 radical (unpaired) electrons. The molecule has 7 saturated heterocycles. The van der Waals surface area contributed by atoms with Crippen molar-refractivity contribution in [2.24, 2.45) is 23.3 Å². The molecule has 45 heteroatoms. The number of likely N-dealkylation sites (N-methyl/N-ethyl adjacent to an activating group) is 4. The molecule has 120 heavy (non-hydrogen) atoms. The minimum absolute atomic E-state index is 0.210. The van der Waals surface area contributed by atoms with E-state index >= 15 is 0 Å². The molecule has 9 heterocycles. The third kappa shape index (κ3) is 23.6. The van der Waals surface area contributed by atoms with Gasteiger partial charge in [0, 0.05) is 99.0 Å². The molecule has 2 aromatic heterocycles. The maximum Gasteiger partial charge on any atom is 0.330 e. The van der Waals surface area contributed by atoms with Crippen LogP contribution in [0.4, 0.5) is 0 Å². The van der Waals surface area contributed by atoms with Crippen molar-refractivity contribution in [3.63, 3.8) is 0 Å². The van der Waals surface area contributed by atoms with Gasteiger partial charge in [-0.05, 0) is 45.7 Å². The first-order valence-electron chi connectivity index (χ1n) is 40.0. The quantitative estimate of drug-likeness (QED) is 0.0170. The molecule has 45 nitrogen and oxygen atoms in total. The van der Waals surface area contributed by atoms with Gasteiger partial charge < -0.3 is 139 Å². The number of aromatic amines is 2. The number of carboxylic acid groups (broad SMARTS) is 2. The van der Waals surface area contributed by atoms with Gasteiger partial charge in [0.2, 0.25) is 18.1 Å². The molecule has 7 aliphatic rings. The van der Waals surface area contributed by atoms with E-state index in [1.165, 1.54) is 58.1 Å². The van der Waals surface area contributed by atoms with Gasteiger partial charge in [-0.3, -0.25) is 62.5 Å². The number of esters is 3. The summed E-state index contributed by atoms with van der Waals surface area (Å²) in [5, 5.41) is 118. The van der Waals surface area contributed by atoms with Gasteiger partial charge in [-0.15, -0.1) is 0 Å². The van der Waals surface area contributed by atoms with E-state index in [9.17, 15) is 109 Å². The summed E-state index contributed by atoms with van der Waals surface area (Å²) in [7, 11) is 9.39. The summed E-state index contributed by atoms with van der Waals surface area (Å²) >= 11 is 0. The molecule has 2 amide bonds. The van der Waals surface area contributed by atoms with Crippen LogP contribution in [0.25, 0.3) is 0 Å². The Balaban J connectivity index is 0.000000372. The average molecular weight is 1720 g/mol. The van der Waals surface area contributed by atoms with E-state index < -0.39 is 267 Å². The van der Waals surface area contributed by atoms with E-state index in [0.717, 1.165) is 96.1 Å². The van der Waals surface area contributed by atoms with Crippen LogP contribution in [-0.4, -0.2) is 383 Å². The fraction of sp³-hybridized carbons (Fsp3) is 0.800. The lowest BCUT2D eigenvalue weighted by Crippen LogP contribution is -2.59. The zero-order valence-corrected chi connectivity index (χ0v) is 68.9. The summed E-state index contributed by atoms with van der Waals surface area (Å²) < 4.78 is 76.8. The van der Waals surface area contributed by atoms with E-state index in [4.69, 9.17) is 73.0 Å². The smallest absolute Gasteiger partial charge is 0.330 e. The predicted octanol–water partition coefficient (Wildman–Crippen LogP) is -6.78. The minimum atomic E-state index is -1.97. The Morgan fingerprint density at radius 3 is 1.35 bits per heavy atom. The number of H-pyrrole nitrogens is 2. The van der Waals surface area contributed by atoms with Crippen LogP contribution in [0.15, 0.2) is 43.7 Å². The Hall–Kier alpha value is -7.27. The zero-order valence-electron chi connectivity index (χ0n) is 68.9. The Morgan fingerprint density at radius 1 is 0.500 bits per heavy atom. The number of nitrogens with zero attached hydrogens (tertiary/aromatic N) is 6. The summed E-state index contributed by atoms with van der Waals surface area (Å²) in [4.78, 5) is 151. The van der Waals surface area contributed by atoms with Crippen LogP contribution >= 0.6 is 0 Å². The highest BCUT2D eigenvalue weighted by Gasteiger charge is 2.60. The number of carbonyl (C=O) groups excluding carboxylic acids is 5. The van der Waals surface area contributed by atoms with Crippen LogP contribution in [0.2, 0.25) is 0 Å². The second kappa shape index (κ2) is 44.4. The number of aromatic nitrogens is 4. The van der Waals surface area contributed by atoms with Gasteiger partial charge >= 0.3 is 41.2 Å². The molecule has 0 bridgehead atoms. The molecule has 31 atom stereocenters. The maximum atomic E-state index is 14.7. The van der Waals surface area contributed by atoms with Gasteiger partial charge in [0.05, 0.1) is 18.6 Å². The molecule has 24 unspecified atom stereocenters. The number of hydrogen-bond donors (Lipinski definition) is 15. The topological polar surface area (TPSA) is 637 Å². The Bertz CT molecular complexity index is 3950. The van der Waals surface area contributed by atoms with Gasteiger partial charge in [-0.2, -0.15) is 0 Å². The summed E-state index contributed by atoms with van der Waals surface area (Å²) in [5.74, 6) is -7.30. The van der Waals surface area contributed by atoms with Crippen molar-refractivity contribution in [3.8, 4) is 0 Å². The first kappa shape index (κ1) is 98.2. The molecule has 2 aromatic rings. The van der Waals surface area contributed by atoms with E-state index in [1.54, 1.807) is 13.8 Å². The molecule has 680 valence electrons.